The van der Waals surface area contributed by atoms with E-state index in [2.05, 4.69) is 28.7 Å². The van der Waals surface area contributed by atoms with Crippen LogP contribution in [0.5, 0.6) is 5.75 Å². The molecule has 1 aliphatic rings. The van der Waals surface area contributed by atoms with Gasteiger partial charge in [0.2, 0.25) is 0 Å². The van der Waals surface area contributed by atoms with E-state index < -0.39 is 0 Å². The van der Waals surface area contributed by atoms with Crippen molar-refractivity contribution in [2.75, 3.05) is 5.43 Å². The van der Waals surface area contributed by atoms with Gasteiger partial charge >= 0.3 is 0 Å². The van der Waals surface area contributed by atoms with E-state index in [-0.39, 0.29) is 6.10 Å². The molecule has 0 unspecified atom stereocenters. The number of nitrogens with one attached hydrogen (secondary N) is 1. The van der Waals surface area contributed by atoms with Crippen LogP contribution in [0.3, 0.4) is 0 Å². The zero-order valence-corrected chi connectivity index (χ0v) is 13.2. The topological polar surface area (TPSA) is 33.6 Å². The molecular formula is C21H18N2O. The lowest BCUT2D eigenvalue weighted by molar-refractivity contribution is 0.206. The van der Waals surface area contributed by atoms with Gasteiger partial charge in [0, 0.05) is 12.0 Å². The maximum absolute atomic E-state index is 6.19. The van der Waals surface area contributed by atoms with E-state index in [9.17, 15) is 0 Å². The standard InChI is InChI=1S/C21H18N2O/c1-3-9-16(10-4-1)21-15-19(18-13-7-8-14-20(18)24-21)23-22-17-11-5-2-6-12-17/h1-14,21-22H,15H2/t21-/m1/s1. The molecule has 4 rings (SSSR count). The molecule has 1 N–H and O–H groups in total. The molecule has 0 saturated carbocycles. The summed E-state index contributed by atoms with van der Waals surface area (Å²) in [5.41, 5.74) is 7.36. The molecule has 1 heterocycles. The second kappa shape index (κ2) is 6.59. The molecule has 0 spiro atoms. The van der Waals surface area contributed by atoms with Crippen LogP contribution < -0.4 is 10.2 Å². The lowest BCUT2D eigenvalue weighted by atomic mass is 9.96. The van der Waals surface area contributed by atoms with E-state index in [0.717, 1.165) is 29.1 Å². The van der Waals surface area contributed by atoms with Crippen molar-refractivity contribution in [2.45, 2.75) is 12.5 Å². The number of ether oxygens (including phenoxy) is 1. The molecular weight excluding hydrogens is 296 g/mol. The second-order valence-electron chi connectivity index (χ2n) is 5.75. The zero-order chi connectivity index (χ0) is 16.2. The molecule has 1 aliphatic heterocycles. The Kier molecular flexibility index (Phi) is 3.98. The summed E-state index contributed by atoms with van der Waals surface area (Å²) < 4.78 is 6.19. The molecule has 3 nitrogen and oxygen atoms in total. The summed E-state index contributed by atoms with van der Waals surface area (Å²) in [4.78, 5) is 0. The Morgan fingerprint density at radius 2 is 1.46 bits per heavy atom. The highest BCUT2D eigenvalue weighted by molar-refractivity contribution is 6.04. The van der Waals surface area contributed by atoms with Crippen molar-refractivity contribution in [3.8, 4) is 5.75 Å². The van der Waals surface area contributed by atoms with Gasteiger partial charge in [-0.1, -0.05) is 60.7 Å². The van der Waals surface area contributed by atoms with Gasteiger partial charge in [-0.25, -0.2) is 0 Å². The molecule has 0 bridgehead atoms. The summed E-state index contributed by atoms with van der Waals surface area (Å²) in [6.07, 6.45) is 0.721. The van der Waals surface area contributed by atoms with Gasteiger partial charge in [-0.2, -0.15) is 5.10 Å². The lowest BCUT2D eigenvalue weighted by Gasteiger charge is -2.27. The van der Waals surface area contributed by atoms with Gasteiger partial charge in [-0.3, -0.25) is 5.43 Å². The Bertz CT molecular complexity index is 844. The first-order valence-corrected chi connectivity index (χ1v) is 8.09. The predicted molar refractivity (Wildman–Crippen MR) is 97.5 cm³/mol. The molecule has 3 heteroatoms. The van der Waals surface area contributed by atoms with Gasteiger partial charge < -0.3 is 4.74 Å². The largest absolute Gasteiger partial charge is 0.485 e. The van der Waals surface area contributed by atoms with Gasteiger partial charge in [0.05, 0.1) is 11.4 Å². The van der Waals surface area contributed by atoms with Crippen LogP contribution in [0.1, 0.15) is 23.7 Å². The van der Waals surface area contributed by atoms with E-state index in [4.69, 9.17) is 4.74 Å². The van der Waals surface area contributed by atoms with Crippen LogP contribution >= 0.6 is 0 Å². The highest BCUT2D eigenvalue weighted by Gasteiger charge is 2.25. The van der Waals surface area contributed by atoms with E-state index in [1.807, 2.05) is 66.7 Å². The second-order valence-corrected chi connectivity index (χ2v) is 5.75. The number of hydrazone groups is 1. The van der Waals surface area contributed by atoms with Gasteiger partial charge in [0.15, 0.2) is 0 Å². The third-order valence-electron chi connectivity index (χ3n) is 4.11. The first-order valence-electron chi connectivity index (χ1n) is 8.09. The maximum atomic E-state index is 6.19. The Balaban J connectivity index is 1.67. The third kappa shape index (κ3) is 3.01. The van der Waals surface area contributed by atoms with Crippen LogP contribution in [-0.2, 0) is 0 Å². The van der Waals surface area contributed by atoms with Gasteiger partial charge in [0.25, 0.3) is 0 Å². The highest BCUT2D eigenvalue weighted by Crippen LogP contribution is 2.35. The summed E-state index contributed by atoms with van der Waals surface area (Å²) in [6.45, 7) is 0. The number of fused-ring (bicyclic) bond motifs is 1. The maximum Gasteiger partial charge on any atom is 0.129 e. The molecule has 0 radical (unpaired) electrons. The molecule has 1 atom stereocenters. The van der Waals surface area contributed by atoms with Crippen molar-refractivity contribution in [3.63, 3.8) is 0 Å². The molecule has 3 aromatic rings. The molecule has 3 aromatic carbocycles. The summed E-state index contributed by atoms with van der Waals surface area (Å²) in [7, 11) is 0. The molecule has 24 heavy (non-hydrogen) atoms. The molecule has 0 amide bonds. The first-order chi connectivity index (χ1) is 11.9. The number of para-hydroxylation sites is 2. The molecule has 0 aliphatic carbocycles. The van der Waals surface area contributed by atoms with E-state index in [1.54, 1.807) is 0 Å². The summed E-state index contributed by atoms with van der Waals surface area (Å²) in [5.74, 6) is 0.881. The van der Waals surface area contributed by atoms with Gasteiger partial charge in [-0.15, -0.1) is 0 Å². The average Bonchev–Trinajstić information content (AvgIpc) is 2.67. The van der Waals surface area contributed by atoms with Crippen LogP contribution in [0.2, 0.25) is 0 Å². The van der Waals surface area contributed by atoms with Crippen LogP contribution in [0.25, 0.3) is 0 Å². The van der Waals surface area contributed by atoms with Crippen LogP contribution in [0.15, 0.2) is 90.0 Å². The Labute approximate surface area is 141 Å². The Hall–Kier alpha value is -3.07. The van der Waals surface area contributed by atoms with Crippen molar-refractivity contribution >= 4 is 11.4 Å². The van der Waals surface area contributed by atoms with Crippen LogP contribution in [0.4, 0.5) is 5.69 Å². The molecule has 0 saturated heterocycles. The van der Waals surface area contributed by atoms with Gasteiger partial charge in [0.1, 0.15) is 11.9 Å². The minimum Gasteiger partial charge on any atom is -0.485 e. The van der Waals surface area contributed by atoms with E-state index in [0.29, 0.717) is 0 Å². The number of nitrogens with zero attached hydrogens (tertiary/aromatic N) is 1. The summed E-state index contributed by atoms with van der Waals surface area (Å²) in [6, 6.07) is 28.4. The third-order valence-corrected chi connectivity index (χ3v) is 4.11. The Morgan fingerprint density at radius 3 is 2.25 bits per heavy atom. The first kappa shape index (κ1) is 14.5. The summed E-state index contributed by atoms with van der Waals surface area (Å²) in [5, 5.41) is 4.66. The van der Waals surface area contributed by atoms with Crippen molar-refractivity contribution in [1.82, 2.24) is 0 Å². The molecule has 0 fully saturated rings. The fourth-order valence-corrected chi connectivity index (χ4v) is 2.89. The molecule has 118 valence electrons. The number of rotatable bonds is 3. The van der Waals surface area contributed by atoms with Crippen LogP contribution in [0, 0.1) is 0 Å². The molecule has 0 aromatic heterocycles. The fourth-order valence-electron chi connectivity index (χ4n) is 2.89. The van der Waals surface area contributed by atoms with Crippen LogP contribution in [-0.4, -0.2) is 5.71 Å². The monoisotopic (exact) mass is 314 g/mol. The fraction of sp³-hybridized carbons (Fsp3) is 0.0952. The van der Waals surface area contributed by atoms with E-state index >= 15 is 0 Å². The van der Waals surface area contributed by atoms with Gasteiger partial charge in [-0.05, 0) is 29.8 Å². The minimum absolute atomic E-state index is 0.0163. The van der Waals surface area contributed by atoms with E-state index in [1.165, 1.54) is 5.56 Å². The predicted octanol–water partition coefficient (Wildman–Crippen LogP) is 5.03. The zero-order valence-electron chi connectivity index (χ0n) is 13.2. The van der Waals surface area contributed by atoms with Crippen molar-refractivity contribution in [3.05, 3.63) is 96.1 Å². The van der Waals surface area contributed by atoms with Crippen molar-refractivity contribution < 1.29 is 4.74 Å². The normalized spacial score (nSPS) is 17.8. The average molecular weight is 314 g/mol. The highest BCUT2D eigenvalue weighted by atomic mass is 16.5. The number of hydrogen-bond acceptors (Lipinski definition) is 3. The van der Waals surface area contributed by atoms with Crippen molar-refractivity contribution in [2.24, 2.45) is 5.10 Å². The minimum atomic E-state index is -0.0163. The van der Waals surface area contributed by atoms with Crippen molar-refractivity contribution in [1.29, 1.82) is 0 Å². The number of anilines is 1. The quantitative estimate of drug-likeness (QED) is 0.688. The lowest BCUT2D eigenvalue weighted by Crippen LogP contribution is -2.21. The SMILES string of the molecule is c1ccc(NN=C2C[C@H](c3ccccc3)Oc3ccccc32)cc1. The smallest absolute Gasteiger partial charge is 0.129 e. The number of benzene rings is 3. The Morgan fingerprint density at radius 1 is 0.792 bits per heavy atom. The number of hydrogen-bond donors (Lipinski definition) is 1. The summed E-state index contributed by atoms with van der Waals surface area (Å²) >= 11 is 0.